The highest BCUT2D eigenvalue weighted by Gasteiger charge is 2.37. The maximum Gasteiger partial charge on any atom is 0.0622 e. The summed E-state index contributed by atoms with van der Waals surface area (Å²) in [5.41, 5.74) is 7.69. The van der Waals surface area contributed by atoms with Crippen molar-refractivity contribution in [1.82, 2.24) is 0 Å². The van der Waals surface area contributed by atoms with Crippen LogP contribution in [0.2, 0.25) is 0 Å². The monoisotopic (exact) mass is 404 g/mol. The minimum atomic E-state index is 0.176. The standard InChI is InChI=1S/C29H28N2/c1-21-11-10-16-24(19-21)30-29-25-17-8-9-18-26(25)31-27(20-22-12-4-2-5-13-22)28(29)23-14-6-3-7-15-23/h2-19,27-31H,20H2,1H3/t27-,28-,29-/m1/s1. The van der Waals surface area contributed by atoms with Crippen molar-refractivity contribution in [3.63, 3.8) is 0 Å². The van der Waals surface area contributed by atoms with E-state index in [1.165, 1.54) is 33.6 Å². The SMILES string of the molecule is Cc1cccc(N[C@@H]2c3ccccc3N[C@H](Cc3ccccc3)[C@H]2c2ccccc2)c1. The lowest BCUT2D eigenvalue weighted by Crippen LogP contribution is -2.40. The van der Waals surface area contributed by atoms with Crippen LogP contribution in [0.1, 0.15) is 34.2 Å². The zero-order chi connectivity index (χ0) is 21.0. The molecule has 1 aliphatic heterocycles. The molecule has 2 N–H and O–H groups in total. The first-order valence-corrected chi connectivity index (χ1v) is 11.1. The van der Waals surface area contributed by atoms with Gasteiger partial charge in [-0.3, -0.25) is 0 Å². The van der Waals surface area contributed by atoms with Crippen LogP contribution in [0.4, 0.5) is 11.4 Å². The molecule has 0 aliphatic carbocycles. The zero-order valence-electron chi connectivity index (χ0n) is 17.8. The van der Waals surface area contributed by atoms with Gasteiger partial charge in [-0.05, 0) is 53.8 Å². The second-order valence-electron chi connectivity index (χ2n) is 8.46. The van der Waals surface area contributed by atoms with E-state index in [0.29, 0.717) is 0 Å². The van der Waals surface area contributed by atoms with Crippen molar-refractivity contribution in [3.05, 3.63) is 131 Å². The highest BCUT2D eigenvalue weighted by molar-refractivity contribution is 5.61. The van der Waals surface area contributed by atoms with Crippen LogP contribution in [-0.4, -0.2) is 6.04 Å². The molecule has 0 bridgehead atoms. The molecule has 31 heavy (non-hydrogen) atoms. The minimum absolute atomic E-state index is 0.176. The molecule has 0 fully saturated rings. The summed E-state index contributed by atoms with van der Waals surface area (Å²) in [6.07, 6.45) is 0.973. The third-order valence-electron chi connectivity index (χ3n) is 6.25. The Balaban J connectivity index is 1.60. The van der Waals surface area contributed by atoms with Gasteiger partial charge in [-0.25, -0.2) is 0 Å². The van der Waals surface area contributed by atoms with Gasteiger partial charge >= 0.3 is 0 Å². The fraction of sp³-hybridized carbons (Fsp3) is 0.172. The van der Waals surface area contributed by atoms with Gasteiger partial charge < -0.3 is 10.6 Å². The lowest BCUT2D eigenvalue weighted by molar-refractivity contribution is 0.479. The lowest BCUT2D eigenvalue weighted by atomic mass is 9.76. The van der Waals surface area contributed by atoms with Crippen molar-refractivity contribution in [2.75, 3.05) is 10.6 Å². The molecule has 3 atom stereocenters. The van der Waals surface area contributed by atoms with Crippen LogP contribution in [-0.2, 0) is 6.42 Å². The number of benzene rings is 4. The first kappa shape index (κ1) is 19.4. The third kappa shape index (κ3) is 4.20. The van der Waals surface area contributed by atoms with Crippen molar-refractivity contribution in [3.8, 4) is 0 Å². The molecule has 0 spiro atoms. The number of fused-ring (bicyclic) bond motifs is 1. The topological polar surface area (TPSA) is 24.1 Å². The smallest absolute Gasteiger partial charge is 0.0622 e. The molecule has 1 heterocycles. The fourth-order valence-electron chi connectivity index (χ4n) is 4.84. The van der Waals surface area contributed by atoms with Crippen molar-refractivity contribution in [1.29, 1.82) is 0 Å². The zero-order valence-corrected chi connectivity index (χ0v) is 17.8. The molecule has 0 unspecified atom stereocenters. The predicted octanol–water partition coefficient (Wildman–Crippen LogP) is 6.97. The van der Waals surface area contributed by atoms with E-state index in [1.807, 2.05) is 0 Å². The largest absolute Gasteiger partial charge is 0.381 e. The summed E-state index contributed by atoms with van der Waals surface area (Å²) < 4.78 is 0. The van der Waals surface area contributed by atoms with Crippen molar-refractivity contribution in [2.24, 2.45) is 0 Å². The Morgan fingerprint density at radius 1 is 0.742 bits per heavy atom. The molecule has 0 aromatic heterocycles. The molecule has 0 saturated carbocycles. The van der Waals surface area contributed by atoms with Gasteiger partial charge in [-0.1, -0.05) is 91.0 Å². The molecular formula is C29H28N2. The summed E-state index contributed by atoms with van der Waals surface area (Å²) in [6.45, 7) is 2.15. The van der Waals surface area contributed by atoms with Gasteiger partial charge in [0, 0.05) is 23.3 Å². The summed E-state index contributed by atoms with van der Waals surface area (Å²) in [4.78, 5) is 0. The van der Waals surface area contributed by atoms with Crippen LogP contribution in [0, 0.1) is 6.92 Å². The maximum atomic E-state index is 3.90. The second kappa shape index (κ2) is 8.69. The van der Waals surface area contributed by atoms with Gasteiger partial charge in [0.25, 0.3) is 0 Å². The van der Waals surface area contributed by atoms with Crippen molar-refractivity contribution >= 4 is 11.4 Å². The Morgan fingerprint density at radius 3 is 2.23 bits per heavy atom. The van der Waals surface area contributed by atoms with E-state index in [9.17, 15) is 0 Å². The van der Waals surface area contributed by atoms with Gasteiger partial charge in [0.1, 0.15) is 0 Å². The van der Waals surface area contributed by atoms with Crippen LogP contribution >= 0.6 is 0 Å². The number of anilines is 2. The third-order valence-corrected chi connectivity index (χ3v) is 6.25. The molecule has 0 saturated heterocycles. The Kier molecular flexibility index (Phi) is 5.45. The lowest BCUT2D eigenvalue weighted by Gasteiger charge is -2.42. The summed E-state index contributed by atoms with van der Waals surface area (Å²) in [6, 6.07) is 39.6. The van der Waals surface area contributed by atoms with E-state index in [1.54, 1.807) is 0 Å². The maximum absolute atomic E-state index is 3.90. The van der Waals surface area contributed by atoms with Gasteiger partial charge in [-0.15, -0.1) is 0 Å². The first-order valence-electron chi connectivity index (χ1n) is 11.1. The second-order valence-corrected chi connectivity index (χ2v) is 8.46. The molecule has 0 amide bonds. The number of hydrogen-bond acceptors (Lipinski definition) is 2. The van der Waals surface area contributed by atoms with Crippen LogP contribution in [0.5, 0.6) is 0 Å². The Bertz CT molecular complexity index is 1140. The fourth-order valence-corrected chi connectivity index (χ4v) is 4.84. The molecule has 0 radical (unpaired) electrons. The number of para-hydroxylation sites is 1. The molecule has 4 aromatic carbocycles. The minimum Gasteiger partial charge on any atom is -0.381 e. The van der Waals surface area contributed by atoms with Crippen LogP contribution < -0.4 is 10.6 Å². The first-order chi connectivity index (χ1) is 15.3. The Labute approximate surface area is 185 Å². The number of rotatable bonds is 5. The summed E-state index contributed by atoms with van der Waals surface area (Å²) in [5, 5.41) is 7.78. The number of nitrogens with one attached hydrogen (secondary N) is 2. The molecule has 5 rings (SSSR count). The van der Waals surface area contributed by atoms with E-state index >= 15 is 0 Å². The normalized spacial score (nSPS) is 19.8. The molecule has 1 aliphatic rings. The molecule has 4 aromatic rings. The van der Waals surface area contributed by atoms with E-state index in [4.69, 9.17) is 0 Å². The molecular weight excluding hydrogens is 376 g/mol. The summed E-state index contributed by atoms with van der Waals surface area (Å²) in [5.74, 6) is 0.289. The number of hydrogen-bond donors (Lipinski definition) is 2. The van der Waals surface area contributed by atoms with Gasteiger partial charge in [0.15, 0.2) is 0 Å². The highest BCUT2D eigenvalue weighted by Crippen LogP contribution is 2.45. The average Bonchev–Trinajstić information content (AvgIpc) is 2.80. The average molecular weight is 405 g/mol. The van der Waals surface area contributed by atoms with E-state index in [0.717, 1.165) is 6.42 Å². The Morgan fingerprint density at radius 2 is 1.45 bits per heavy atom. The number of aryl methyl sites for hydroxylation is 1. The van der Waals surface area contributed by atoms with Crippen LogP contribution in [0.15, 0.2) is 109 Å². The van der Waals surface area contributed by atoms with Crippen molar-refractivity contribution < 1.29 is 0 Å². The summed E-state index contributed by atoms with van der Waals surface area (Å²) >= 11 is 0. The van der Waals surface area contributed by atoms with Gasteiger partial charge in [0.05, 0.1) is 6.04 Å². The molecule has 2 heteroatoms. The van der Waals surface area contributed by atoms with Gasteiger partial charge in [-0.2, -0.15) is 0 Å². The van der Waals surface area contributed by atoms with E-state index in [2.05, 4.69) is 127 Å². The molecule has 154 valence electrons. The summed E-state index contributed by atoms with van der Waals surface area (Å²) in [7, 11) is 0. The van der Waals surface area contributed by atoms with Gasteiger partial charge in [0.2, 0.25) is 0 Å². The van der Waals surface area contributed by atoms with Crippen molar-refractivity contribution in [2.45, 2.75) is 31.3 Å². The van der Waals surface area contributed by atoms with E-state index in [-0.39, 0.29) is 18.0 Å². The van der Waals surface area contributed by atoms with Crippen LogP contribution in [0.3, 0.4) is 0 Å². The van der Waals surface area contributed by atoms with Crippen LogP contribution in [0.25, 0.3) is 0 Å². The highest BCUT2D eigenvalue weighted by atomic mass is 15.0. The van der Waals surface area contributed by atoms with E-state index < -0.39 is 0 Å². The quantitative estimate of drug-likeness (QED) is 0.375. The Hall–Kier alpha value is -3.52. The predicted molar refractivity (Wildman–Crippen MR) is 131 cm³/mol. The molecule has 2 nitrogen and oxygen atoms in total.